The predicted molar refractivity (Wildman–Crippen MR) is 83.7 cm³/mol. The van der Waals surface area contributed by atoms with Crippen molar-refractivity contribution in [3.63, 3.8) is 0 Å². The molecule has 0 amide bonds. The van der Waals surface area contributed by atoms with Gasteiger partial charge in [-0.3, -0.25) is 4.53 Å². The fourth-order valence-corrected chi connectivity index (χ4v) is 5.68. The molecule has 0 saturated carbocycles. The number of hydroxylamine groups is 1. The van der Waals surface area contributed by atoms with Gasteiger partial charge in [0.05, 0.1) is 0 Å². The second kappa shape index (κ2) is 9.65. The molecule has 0 aromatic heterocycles. The number of nitrogens with one attached hydrogen (secondary N) is 1. The zero-order chi connectivity index (χ0) is 13.3. The lowest BCUT2D eigenvalue weighted by atomic mass is 10.0. The molecule has 0 aromatic rings. The molecule has 2 atom stereocenters. The maximum atomic E-state index is 6.02. The van der Waals surface area contributed by atoms with Gasteiger partial charge in [-0.05, 0) is 36.5 Å². The van der Waals surface area contributed by atoms with Crippen LogP contribution in [-0.4, -0.2) is 33.0 Å². The van der Waals surface area contributed by atoms with Crippen molar-refractivity contribution in [1.29, 1.82) is 0 Å². The molecule has 6 heteroatoms. The van der Waals surface area contributed by atoms with Crippen molar-refractivity contribution in [3.05, 3.63) is 0 Å². The van der Waals surface area contributed by atoms with Crippen molar-refractivity contribution >= 4 is 31.4 Å². The highest BCUT2D eigenvalue weighted by molar-refractivity contribution is 14.1. The highest BCUT2D eigenvalue weighted by Gasteiger charge is 2.42. The molecule has 1 fully saturated rings. The van der Waals surface area contributed by atoms with Crippen molar-refractivity contribution in [1.82, 2.24) is 5.48 Å². The molecule has 0 radical (unpaired) electrons. The summed E-state index contributed by atoms with van der Waals surface area (Å²) in [4.78, 5) is 0. The summed E-state index contributed by atoms with van der Waals surface area (Å²) >= 11 is 2.39. The summed E-state index contributed by atoms with van der Waals surface area (Å²) in [6, 6.07) is 0.912. The molecule has 0 aliphatic carbocycles. The first-order chi connectivity index (χ1) is 8.76. The zero-order valence-corrected chi connectivity index (χ0v) is 14.7. The molecule has 1 rings (SSSR count). The van der Waals surface area contributed by atoms with Gasteiger partial charge in [0.2, 0.25) is 0 Å². The number of rotatable bonds is 7. The topological polar surface area (TPSA) is 39.7 Å². The SMILES string of the molecule is CCCC1CCO[Si](CCCI)(OCC)ONC1. The maximum absolute atomic E-state index is 6.02. The Labute approximate surface area is 126 Å². The minimum Gasteiger partial charge on any atom is -0.373 e. The monoisotopic (exact) mass is 387 g/mol. The van der Waals surface area contributed by atoms with E-state index in [9.17, 15) is 0 Å². The van der Waals surface area contributed by atoms with Crippen molar-refractivity contribution < 1.29 is 13.4 Å². The van der Waals surface area contributed by atoms with Gasteiger partial charge in [0.1, 0.15) is 0 Å². The maximum Gasteiger partial charge on any atom is 0.517 e. The highest BCUT2D eigenvalue weighted by Crippen LogP contribution is 2.22. The lowest BCUT2D eigenvalue weighted by Gasteiger charge is -2.32. The molecule has 18 heavy (non-hydrogen) atoms. The minimum absolute atomic E-state index is 0.660. The summed E-state index contributed by atoms with van der Waals surface area (Å²) in [7, 11) is -2.45. The number of alkyl halides is 1. The van der Waals surface area contributed by atoms with E-state index in [2.05, 4.69) is 35.0 Å². The Bertz CT molecular complexity index is 211. The second-order valence-electron chi connectivity index (χ2n) is 4.65. The van der Waals surface area contributed by atoms with Crippen LogP contribution in [0, 0.1) is 5.92 Å². The molecular formula is C12H26INO3Si. The predicted octanol–water partition coefficient (Wildman–Crippen LogP) is 3.14. The lowest BCUT2D eigenvalue weighted by Crippen LogP contribution is -2.52. The van der Waals surface area contributed by atoms with E-state index in [0.717, 1.165) is 36.5 Å². The van der Waals surface area contributed by atoms with E-state index >= 15 is 0 Å². The fraction of sp³-hybridized carbons (Fsp3) is 1.00. The molecule has 4 nitrogen and oxygen atoms in total. The molecule has 0 aromatic carbocycles. The number of hydrogen-bond acceptors (Lipinski definition) is 4. The first-order valence-electron chi connectivity index (χ1n) is 7.01. The van der Waals surface area contributed by atoms with Crippen LogP contribution in [-0.2, 0) is 13.4 Å². The third kappa shape index (κ3) is 5.83. The van der Waals surface area contributed by atoms with Crippen LogP contribution >= 0.6 is 22.6 Å². The van der Waals surface area contributed by atoms with Crippen LogP contribution in [0.1, 0.15) is 39.5 Å². The van der Waals surface area contributed by atoms with E-state index < -0.39 is 8.80 Å². The molecule has 108 valence electrons. The van der Waals surface area contributed by atoms with Gasteiger partial charge in [0.15, 0.2) is 0 Å². The molecule has 1 saturated heterocycles. The van der Waals surface area contributed by atoms with Crippen LogP contribution in [0.25, 0.3) is 0 Å². The van der Waals surface area contributed by atoms with Crippen LogP contribution in [0.5, 0.6) is 0 Å². The summed E-state index contributed by atoms with van der Waals surface area (Å²) in [6.07, 6.45) is 4.65. The largest absolute Gasteiger partial charge is 0.517 e. The van der Waals surface area contributed by atoms with E-state index in [0.29, 0.717) is 12.5 Å². The molecule has 1 N–H and O–H groups in total. The smallest absolute Gasteiger partial charge is 0.373 e. The van der Waals surface area contributed by atoms with E-state index in [1.807, 2.05) is 6.92 Å². The van der Waals surface area contributed by atoms with Crippen molar-refractivity contribution in [2.24, 2.45) is 5.92 Å². The van der Waals surface area contributed by atoms with Crippen LogP contribution < -0.4 is 5.48 Å². The third-order valence-electron chi connectivity index (χ3n) is 3.13. The van der Waals surface area contributed by atoms with Gasteiger partial charge in [0.25, 0.3) is 0 Å². The van der Waals surface area contributed by atoms with Gasteiger partial charge in [-0.1, -0.05) is 35.9 Å². The lowest BCUT2D eigenvalue weighted by molar-refractivity contribution is -0.00136. The minimum atomic E-state index is -2.45. The van der Waals surface area contributed by atoms with Crippen molar-refractivity contribution in [2.45, 2.75) is 45.6 Å². The van der Waals surface area contributed by atoms with Gasteiger partial charge in [0, 0.05) is 25.8 Å². The van der Waals surface area contributed by atoms with Crippen molar-refractivity contribution in [2.75, 3.05) is 24.2 Å². The Kier molecular flexibility index (Phi) is 9.03. The first kappa shape index (κ1) is 16.8. The molecule has 2 unspecified atom stereocenters. The molecule has 1 aliphatic rings. The summed E-state index contributed by atoms with van der Waals surface area (Å²) in [5.41, 5.74) is 3.12. The fourth-order valence-electron chi connectivity index (χ4n) is 2.21. The number of hydrogen-bond donors (Lipinski definition) is 1. The van der Waals surface area contributed by atoms with Crippen molar-refractivity contribution in [3.8, 4) is 0 Å². The van der Waals surface area contributed by atoms with Crippen LogP contribution in [0.4, 0.5) is 0 Å². The summed E-state index contributed by atoms with van der Waals surface area (Å²) in [5, 5.41) is 0. The second-order valence-corrected chi connectivity index (χ2v) is 8.38. The summed E-state index contributed by atoms with van der Waals surface area (Å²) in [5.74, 6) is 0.660. The zero-order valence-electron chi connectivity index (χ0n) is 11.5. The van der Waals surface area contributed by atoms with Gasteiger partial charge in [-0.2, -0.15) is 0 Å². The molecule has 1 heterocycles. The Hall–Kier alpha value is 0.787. The van der Waals surface area contributed by atoms with Gasteiger partial charge in [-0.15, -0.1) is 0 Å². The van der Waals surface area contributed by atoms with E-state index in [1.165, 1.54) is 12.8 Å². The van der Waals surface area contributed by atoms with Gasteiger partial charge >= 0.3 is 8.80 Å². The normalized spacial score (nSPS) is 29.8. The summed E-state index contributed by atoms with van der Waals surface area (Å²) < 4.78 is 18.8. The Balaban J connectivity index is 2.48. The van der Waals surface area contributed by atoms with E-state index in [1.54, 1.807) is 0 Å². The van der Waals surface area contributed by atoms with Crippen LogP contribution in [0.2, 0.25) is 6.04 Å². The Morgan fingerprint density at radius 3 is 2.94 bits per heavy atom. The molecule has 0 spiro atoms. The highest BCUT2D eigenvalue weighted by atomic mass is 127. The van der Waals surface area contributed by atoms with Crippen LogP contribution in [0.3, 0.4) is 0 Å². The molecular weight excluding hydrogens is 361 g/mol. The van der Waals surface area contributed by atoms with Crippen LogP contribution in [0.15, 0.2) is 0 Å². The quantitative estimate of drug-likeness (QED) is 0.414. The third-order valence-corrected chi connectivity index (χ3v) is 6.68. The number of halogens is 1. The molecule has 0 bridgehead atoms. The Morgan fingerprint density at radius 1 is 1.44 bits per heavy atom. The van der Waals surface area contributed by atoms with Gasteiger partial charge < -0.3 is 8.85 Å². The van der Waals surface area contributed by atoms with Gasteiger partial charge in [-0.25, -0.2) is 5.48 Å². The molecule has 1 aliphatic heterocycles. The average Bonchev–Trinajstić information content (AvgIpc) is 2.34. The first-order valence-corrected chi connectivity index (χ1v) is 10.5. The Morgan fingerprint density at radius 2 is 2.28 bits per heavy atom. The van der Waals surface area contributed by atoms with E-state index in [4.69, 9.17) is 13.4 Å². The summed E-state index contributed by atoms with van der Waals surface area (Å²) in [6.45, 7) is 6.58. The standard InChI is InChI=1S/C12H26INO3Si/c1-3-6-12-7-9-16-18(15-4-2,10-5-8-13)17-14-11-12/h12,14H,3-11H2,1-2H3. The average molecular weight is 387 g/mol. The van der Waals surface area contributed by atoms with E-state index in [-0.39, 0.29) is 0 Å².